The van der Waals surface area contributed by atoms with Crippen molar-refractivity contribution in [2.45, 2.75) is 19.5 Å². The molecule has 1 atom stereocenters. The maximum atomic E-state index is 4.51. The third-order valence-corrected chi connectivity index (χ3v) is 5.59. The molecular weight excluding hydrogens is 394 g/mol. The van der Waals surface area contributed by atoms with E-state index in [1.165, 1.54) is 11.1 Å². The fraction of sp³-hybridized carbons (Fsp3) is 0.111. The number of nitrogens with zero attached hydrogens (tertiary/aromatic N) is 2. The van der Waals surface area contributed by atoms with E-state index in [1.807, 2.05) is 12.1 Å². The molecule has 0 amide bonds. The van der Waals surface area contributed by atoms with E-state index in [0.29, 0.717) is 0 Å². The van der Waals surface area contributed by atoms with Crippen molar-refractivity contribution >= 4 is 22.5 Å². The molecule has 5 aromatic rings. The van der Waals surface area contributed by atoms with Gasteiger partial charge in [-0.25, -0.2) is 9.97 Å². The van der Waals surface area contributed by atoms with Crippen LogP contribution >= 0.6 is 0 Å². The minimum absolute atomic E-state index is 0.137. The average molecular weight is 420 g/mol. The maximum Gasteiger partial charge on any atom is 0.143 e. The largest absolute Gasteiger partial charge is 0.381 e. The zero-order chi connectivity index (χ0) is 21.8. The molecule has 5 nitrogen and oxygen atoms in total. The minimum atomic E-state index is 0.137. The number of aromatic nitrogens is 3. The van der Waals surface area contributed by atoms with Gasteiger partial charge in [0.25, 0.3) is 0 Å². The van der Waals surface area contributed by atoms with E-state index in [9.17, 15) is 0 Å². The van der Waals surface area contributed by atoms with Crippen LogP contribution in [0.5, 0.6) is 0 Å². The van der Waals surface area contributed by atoms with Gasteiger partial charge in [-0.05, 0) is 36.2 Å². The van der Waals surface area contributed by atoms with Crippen molar-refractivity contribution in [1.82, 2.24) is 15.0 Å². The van der Waals surface area contributed by atoms with Crippen molar-refractivity contribution in [2.75, 3.05) is 10.6 Å². The first kappa shape index (κ1) is 19.8. The maximum absolute atomic E-state index is 4.51. The summed E-state index contributed by atoms with van der Waals surface area (Å²) in [6, 6.07) is 31.4. The topological polar surface area (TPSA) is 65.6 Å². The third kappa shape index (κ3) is 4.32. The summed E-state index contributed by atoms with van der Waals surface area (Å²) < 4.78 is 0. The Morgan fingerprint density at radius 3 is 2.44 bits per heavy atom. The van der Waals surface area contributed by atoms with Crippen molar-refractivity contribution in [3.05, 3.63) is 108 Å². The summed E-state index contributed by atoms with van der Waals surface area (Å²) in [5, 5.41) is 8.02. The van der Waals surface area contributed by atoms with E-state index in [1.54, 1.807) is 6.33 Å². The highest BCUT2D eigenvalue weighted by atomic mass is 15.1. The van der Waals surface area contributed by atoms with Gasteiger partial charge in [-0.1, -0.05) is 72.8 Å². The Balaban J connectivity index is 1.39. The molecule has 5 rings (SSSR count). The van der Waals surface area contributed by atoms with Crippen LogP contribution in [0.4, 0.5) is 11.5 Å². The van der Waals surface area contributed by atoms with Crippen LogP contribution in [0.15, 0.2) is 97.3 Å². The molecule has 3 aromatic carbocycles. The third-order valence-electron chi connectivity index (χ3n) is 5.59. The summed E-state index contributed by atoms with van der Waals surface area (Å²) in [5.41, 5.74) is 6.48. The van der Waals surface area contributed by atoms with Gasteiger partial charge in [0.05, 0.1) is 5.39 Å². The Morgan fingerprint density at radius 2 is 1.62 bits per heavy atom. The predicted molar refractivity (Wildman–Crippen MR) is 132 cm³/mol. The first-order chi connectivity index (χ1) is 15.8. The number of anilines is 2. The van der Waals surface area contributed by atoms with Crippen LogP contribution in [0.3, 0.4) is 0 Å². The summed E-state index contributed by atoms with van der Waals surface area (Å²) in [5.74, 6) is 0.826. The molecule has 0 aliphatic rings. The molecule has 0 aliphatic carbocycles. The monoisotopic (exact) mass is 419 g/mol. The fourth-order valence-electron chi connectivity index (χ4n) is 3.84. The fourth-order valence-corrected chi connectivity index (χ4v) is 3.84. The van der Waals surface area contributed by atoms with Crippen molar-refractivity contribution in [3.63, 3.8) is 0 Å². The Morgan fingerprint density at radius 1 is 0.844 bits per heavy atom. The van der Waals surface area contributed by atoms with Crippen molar-refractivity contribution in [1.29, 1.82) is 0 Å². The summed E-state index contributed by atoms with van der Waals surface area (Å²) in [4.78, 5) is 12.4. The van der Waals surface area contributed by atoms with E-state index in [2.05, 4.69) is 111 Å². The lowest BCUT2D eigenvalue weighted by atomic mass is 10.1. The van der Waals surface area contributed by atoms with Gasteiger partial charge in [0.2, 0.25) is 0 Å². The molecule has 158 valence electrons. The second-order valence-electron chi connectivity index (χ2n) is 7.86. The van der Waals surface area contributed by atoms with Gasteiger partial charge >= 0.3 is 0 Å². The summed E-state index contributed by atoms with van der Waals surface area (Å²) in [6.45, 7) is 2.92. The van der Waals surface area contributed by atoms with Gasteiger partial charge in [-0.15, -0.1) is 0 Å². The first-order valence-electron chi connectivity index (χ1n) is 10.8. The number of benzene rings is 3. The molecule has 0 aliphatic heterocycles. The molecule has 0 saturated heterocycles. The highest BCUT2D eigenvalue weighted by Crippen LogP contribution is 2.30. The number of fused-ring (bicyclic) bond motifs is 1. The molecule has 0 saturated carbocycles. The lowest BCUT2D eigenvalue weighted by Crippen LogP contribution is -2.08. The zero-order valence-electron chi connectivity index (χ0n) is 17.9. The number of H-pyrrole nitrogens is 1. The Hall–Kier alpha value is -4.12. The van der Waals surface area contributed by atoms with Crippen LogP contribution < -0.4 is 10.6 Å². The van der Waals surface area contributed by atoms with Gasteiger partial charge in [0.15, 0.2) is 0 Å². The molecule has 2 aromatic heterocycles. The molecule has 5 heteroatoms. The first-order valence-corrected chi connectivity index (χ1v) is 10.8. The van der Waals surface area contributed by atoms with Gasteiger partial charge in [0, 0.05) is 29.5 Å². The van der Waals surface area contributed by atoms with Crippen molar-refractivity contribution in [3.8, 4) is 11.3 Å². The SMILES string of the molecule is CC(Nc1ncnc2[nH]c(-c3cccc(NCc4ccccc4)c3)cc12)c1ccccc1. The number of hydrogen-bond acceptors (Lipinski definition) is 4. The van der Waals surface area contributed by atoms with E-state index in [0.717, 1.165) is 40.3 Å². The second-order valence-corrected chi connectivity index (χ2v) is 7.86. The van der Waals surface area contributed by atoms with E-state index in [4.69, 9.17) is 0 Å². The smallest absolute Gasteiger partial charge is 0.143 e. The zero-order valence-corrected chi connectivity index (χ0v) is 17.9. The van der Waals surface area contributed by atoms with Crippen molar-refractivity contribution in [2.24, 2.45) is 0 Å². The molecule has 1 unspecified atom stereocenters. The van der Waals surface area contributed by atoms with Gasteiger partial charge in [-0.2, -0.15) is 0 Å². The van der Waals surface area contributed by atoms with Crippen LogP contribution in [-0.4, -0.2) is 15.0 Å². The normalized spacial score (nSPS) is 11.9. The van der Waals surface area contributed by atoms with E-state index < -0.39 is 0 Å². The molecule has 0 radical (unpaired) electrons. The Kier molecular flexibility index (Phi) is 5.54. The molecule has 0 bridgehead atoms. The van der Waals surface area contributed by atoms with E-state index >= 15 is 0 Å². The lowest BCUT2D eigenvalue weighted by molar-refractivity contribution is 0.876. The minimum Gasteiger partial charge on any atom is -0.381 e. The average Bonchev–Trinajstić information content (AvgIpc) is 3.30. The number of hydrogen-bond donors (Lipinski definition) is 3. The quantitative estimate of drug-likeness (QED) is 0.285. The van der Waals surface area contributed by atoms with E-state index in [-0.39, 0.29) is 6.04 Å². The van der Waals surface area contributed by atoms with Gasteiger partial charge in [-0.3, -0.25) is 0 Å². The molecule has 0 spiro atoms. The highest BCUT2D eigenvalue weighted by molar-refractivity contribution is 5.91. The van der Waals surface area contributed by atoms with Crippen LogP contribution in [0.2, 0.25) is 0 Å². The summed E-state index contributed by atoms with van der Waals surface area (Å²) in [6.07, 6.45) is 1.60. The highest BCUT2D eigenvalue weighted by Gasteiger charge is 2.12. The standard InChI is InChI=1S/C27H25N5/c1-19(21-11-6-3-7-12-21)31-26-24-16-25(32-27(24)30-18-29-26)22-13-8-14-23(15-22)28-17-20-9-4-2-5-10-20/h2-16,18-19,28H,17H2,1H3,(H2,29,30,31,32). The Labute approximate surface area is 187 Å². The molecule has 2 heterocycles. The molecule has 0 fully saturated rings. The van der Waals surface area contributed by atoms with Crippen LogP contribution in [-0.2, 0) is 6.54 Å². The number of nitrogens with one attached hydrogen (secondary N) is 3. The molecule has 3 N–H and O–H groups in total. The molecule has 32 heavy (non-hydrogen) atoms. The lowest BCUT2D eigenvalue weighted by Gasteiger charge is -2.15. The van der Waals surface area contributed by atoms with Crippen LogP contribution in [0.25, 0.3) is 22.3 Å². The predicted octanol–water partition coefficient (Wildman–Crippen LogP) is 6.41. The Bertz CT molecular complexity index is 1310. The second kappa shape index (κ2) is 8.94. The number of rotatable bonds is 7. The number of aromatic amines is 1. The molecular formula is C27H25N5. The summed E-state index contributed by atoms with van der Waals surface area (Å²) in [7, 11) is 0. The van der Waals surface area contributed by atoms with Crippen molar-refractivity contribution < 1.29 is 0 Å². The van der Waals surface area contributed by atoms with Crippen LogP contribution in [0, 0.1) is 0 Å². The van der Waals surface area contributed by atoms with Gasteiger partial charge < -0.3 is 15.6 Å². The summed E-state index contributed by atoms with van der Waals surface area (Å²) >= 11 is 0. The van der Waals surface area contributed by atoms with Gasteiger partial charge in [0.1, 0.15) is 17.8 Å². The van der Waals surface area contributed by atoms with Crippen LogP contribution in [0.1, 0.15) is 24.1 Å².